The van der Waals surface area contributed by atoms with Gasteiger partial charge in [-0.15, -0.1) is 0 Å². The third-order valence-corrected chi connectivity index (χ3v) is 5.70. The minimum atomic E-state index is -2.98. The number of rotatable bonds is 3. The van der Waals surface area contributed by atoms with Gasteiger partial charge in [-0.2, -0.15) is 10.1 Å². The Morgan fingerprint density at radius 1 is 1.21 bits per heavy atom. The summed E-state index contributed by atoms with van der Waals surface area (Å²) in [4.78, 5) is 22.7. The highest BCUT2D eigenvalue weighted by molar-refractivity contribution is 5.94. The number of amides is 1. The Morgan fingerprint density at radius 2 is 2.03 bits per heavy atom. The van der Waals surface area contributed by atoms with E-state index in [1.165, 1.54) is 15.7 Å². The number of piperidine rings is 1. The largest absolute Gasteiger partial charge is 0.332 e. The smallest absolute Gasteiger partial charge is 0.266 e. The maximum Gasteiger partial charge on any atom is 0.266 e. The number of likely N-dealkylation sites (tertiary alicyclic amines) is 1. The quantitative estimate of drug-likeness (QED) is 0.678. The number of carbonyl (C=O) groups excluding carboxylic acids is 1. The highest BCUT2D eigenvalue weighted by Crippen LogP contribution is 2.41. The molecule has 8 heteroatoms. The van der Waals surface area contributed by atoms with Crippen LogP contribution < -0.4 is 0 Å². The number of carbonyl (C=O) groups is 1. The molecule has 1 aliphatic heterocycles. The van der Waals surface area contributed by atoms with E-state index in [0.717, 1.165) is 18.4 Å². The molecule has 1 aliphatic carbocycles. The van der Waals surface area contributed by atoms with E-state index in [2.05, 4.69) is 15.1 Å². The van der Waals surface area contributed by atoms with E-state index < -0.39 is 18.4 Å². The molecule has 1 amide bonds. The van der Waals surface area contributed by atoms with Crippen molar-refractivity contribution >= 4 is 11.7 Å². The van der Waals surface area contributed by atoms with Gasteiger partial charge >= 0.3 is 0 Å². The van der Waals surface area contributed by atoms with Gasteiger partial charge in [0, 0.05) is 30.1 Å². The number of aryl methyl sites for hydroxylation is 1. The molecule has 3 heterocycles. The van der Waals surface area contributed by atoms with Gasteiger partial charge in [-0.05, 0) is 49.4 Å². The lowest BCUT2D eigenvalue weighted by atomic mass is 9.91. The second kappa shape index (κ2) is 6.57. The lowest BCUT2D eigenvalue weighted by Gasteiger charge is -2.37. The van der Waals surface area contributed by atoms with E-state index in [1.54, 1.807) is 19.1 Å². The zero-order valence-corrected chi connectivity index (χ0v) is 16.1. The minimum Gasteiger partial charge on any atom is -0.332 e. The zero-order chi connectivity index (χ0) is 20.2. The van der Waals surface area contributed by atoms with Crippen LogP contribution in [0, 0.1) is 6.92 Å². The summed E-state index contributed by atoms with van der Waals surface area (Å²) < 4.78 is 30.8. The second-order valence-electron chi connectivity index (χ2n) is 8.14. The van der Waals surface area contributed by atoms with Gasteiger partial charge < -0.3 is 4.90 Å². The highest BCUT2D eigenvalue weighted by Gasteiger charge is 2.43. The summed E-state index contributed by atoms with van der Waals surface area (Å²) in [6, 6.07) is 9.16. The Hall–Kier alpha value is -2.90. The van der Waals surface area contributed by atoms with Crippen molar-refractivity contribution in [3.63, 3.8) is 0 Å². The fourth-order valence-corrected chi connectivity index (χ4v) is 4.23. The number of hydrogen-bond acceptors (Lipinski definition) is 4. The number of halogens is 2. The van der Waals surface area contributed by atoms with Gasteiger partial charge in [0.15, 0.2) is 0 Å². The first kappa shape index (κ1) is 18.1. The van der Waals surface area contributed by atoms with E-state index in [-0.39, 0.29) is 18.9 Å². The van der Waals surface area contributed by atoms with Crippen molar-refractivity contribution in [2.75, 3.05) is 13.1 Å². The molecule has 150 valence electrons. The molecule has 5 rings (SSSR count). The van der Waals surface area contributed by atoms with Gasteiger partial charge in [-0.25, -0.2) is 18.3 Å². The molecule has 1 aromatic carbocycles. The number of alkyl halides is 2. The van der Waals surface area contributed by atoms with Crippen LogP contribution in [0.1, 0.15) is 58.4 Å². The number of benzene rings is 1. The predicted octanol–water partition coefficient (Wildman–Crippen LogP) is 3.58. The van der Waals surface area contributed by atoms with Crippen molar-refractivity contribution < 1.29 is 13.6 Å². The third kappa shape index (κ3) is 3.47. The monoisotopic (exact) mass is 397 g/mol. The molecule has 6 nitrogen and oxygen atoms in total. The second-order valence-corrected chi connectivity index (χ2v) is 8.14. The van der Waals surface area contributed by atoms with Crippen molar-refractivity contribution in [2.45, 2.75) is 43.9 Å². The fourth-order valence-electron chi connectivity index (χ4n) is 4.23. The Balaban J connectivity index is 1.47. The van der Waals surface area contributed by atoms with E-state index in [1.807, 2.05) is 18.2 Å². The molecule has 3 aromatic rings. The van der Waals surface area contributed by atoms with Crippen LogP contribution in [0.3, 0.4) is 0 Å². The van der Waals surface area contributed by atoms with Gasteiger partial charge in [-0.1, -0.05) is 12.1 Å². The summed E-state index contributed by atoms with van der Waals surface area (Å²) >= 11 is 0. The maximum absolute atomic E-state index is 14.7. The zero-order valence-electron chi connectivity index (χ0n) is 16.1. The average Bonchev–Trinajstić information content (AvgIpc) is 3.44. The Labute approximate surface area is 166 Å². The standard InChI is InChI=1S/C21H21F2N5O/c1-13-7-18(28-20(26-13)24-12-25-28)17-9-21(22,23)11-27(10-17)19(29)16-4-2-3-15(8-16)14-5-6-14/h2-4,7-8,12,14,17H,5-6,9-11H2,1H3. The molecular formula is C21H21F2N5O. The van der Waals surface area contributed by atoms with Crippen LogP contribution in [0.2, 0.25) is 0 Å². The summed E-state index contributed by atoms with van der Waals surface area (Å²) in [6.45, 7) is 1.44. The molecule has 1 saturated heterocycles. The molecule has 0 spiro atoms. The van der Waals surface area contributed by atoms with Crippen LogP contribution >= 0.6 is 0 Å². The lowest BCUT2D eigenvalue weighted by molar-refractivity contribution is -0.0641. The maximum atomic E-state index is 14.7. The summed E-state index contributed by atoms with van der Waals surface area (Å²) in [5.74, 6) is -3.00. The number of hydrogen-bond donors (Lipinski definition) is 0. The molecular weight excluding hydrogens is 376 g/mol. The number of nitrogens with zero attached hydrogens (tertiary/aromatic N) is 5. The van der Waals surface area contributed by atoms with Crippen molar-refractivity contribution in [2.24, 2.45) is 0 Å². The van der Waals surface area contributed by atoms with Crippen LogP contribution in [0.4, 0.5) is 8.78 Å². The molecule has 0 N–H and O–H groups in total. The summed E-state index contributed by atoms with van der Waals surface area (Å²) in [5, 5.41) is 4.14. The molecule has 0 bridgehead atoms. The molecule has 1 atom stereocenters. The van der Waals surface area contributed by atoms with Crippen LogP contribution in [0.15, 0.2) is 36.7 Å². The summed E-state index contributed by atoms with van der Waals surface area (Å²) in [7, 11) is 0. The van der Waals surface area contributed by atoms with E-state index >= 15 is 0 Å². The molecule has 29 heavy (non-hydrogen) atoms. The topological polar surface area (TPSA) is 63.4 Å². The van der Waals surface area contributed by atoms with Crippen molar-refractivity contribution in [3.05, 3.63) is 59.2 Å². The molecule has 2 aliphatic rings. The molecule has 2 fully saturated rings. The number of fused-ring (bicyclic) bond motifs is 1. The van der Waals surface area contributed by atoms with Crippen molar-refractivity contribution in [3.8, 4) is 0 Å². The van der Waals surface area contributed by atoms with E-state index in [0.29, 0.717) is 28.6 Å². The molecule has 2 aromatic heterocycles. The first-order chi connectivity index (χ1) is 13.9. The van der Waals surface area contributed by atoms with Crippen molar-refractivity contribution in [1.82, 2.24) is 24.5 Å². The SMILES string of the molecule is Cc1cc(C2CN(C(=O)c3cccc(C4CC4)c3)CC(F)(F)C2)n2ncnc2n1. The Bertz CT molecular complexity index is 1090. The average molecular weight is 397 g/mol. The predicted molar refractivity (Wildman–Crippen MR) is 102 cm³/mol. The number of aromatic nitrogens is 4. The highest BCUT2D eigenvalue weighted by atomic mass is 19.3. The minimum absolute atomic E-state index is 0.209. The van der Waals surface area contributed by atoms with Gasteiger partial charge in [-0.3, -0.25) is 4.79 Å². The van der Waals surface area contributed by atoms with Crippen LogP contribution in [-0.4, -0.2) is 49.4 Å². The van der Waals surface area contributed by atoms with Gasteiger partial charge in [0.2, 0.25) is 0 Å². The van der Waals surface area contributed by atoms with Gasteiger partial charge in [0.1, 0.15) is 6.33 Å². The molecule has 1 unspecified atom stereocenters. The summed E-state index contributed by atoms with van der Waals surface area (Å²) in [5.41, 5.74) is 2.88. The van der Waals surface area contributed by atoms with E-state index in [9.17, 15) is 13.6 Å². The van der Waals surface area contributed by atoms with Crippen LogP contribution in [0.5, 0.6) is 0 Å². The summed E-state index contributed by atoms with van der Waals surface area (Å²) in [6.07, 6.45) is 3.27. The third-order valence-electron chi connectivity index (χ3n) is 5.70. The Morgan fingerprint density at radius 3 is 2.83 bits per heavy atom. The fraction of sp³-hybridized carbons (Fsp3) is 0.429. The van der Waals surface area contributed by atoms with Crippen LogP contribution in [-0.2, 0) is 0 Å². The molecule has 0 radical (unpaired) electrons. The first-order valence-corrected chi connectivity index (χ1v) is 9.84. The Kier molecular flexibility index (Phi) is 4.11. The molecule has 1 saturated carbocycles. The lowest BCUT2D eigenvalue weighted by Crippen LogP contribution is -2.49. The first-order valence-electron chi connectivity index (χ1n) is 9.84. The normalized spacial score (nSPS) is 21.5. The van der Waals surface area contributed by atoms with E-state index in [4.69, 9.17) is 0 Å². The van der Waals surface area contributed by atoms with Gasteiger partial charge in [0.05, 0.1) is 12.2 Å². The van der Waals surface area contributed by atoms with Crippen molar-refractivity contribution in [1.29, 1.82) is 0 Å². The van der Waals surface area contributed by atoms with Gasteiger partial charge in [0.25, 0.3) is 17.6 Å². The van der Waals surface area contributed by atoms with Crippen LogP contribution in [0.25, 0.3) is 5.78 Å².